The highest BCUT2D eigenvalue weighted by Gasteiger charge is 1.90. The Morgan fingerprint density at radius 3 is 2.43 bits per heavy atom. The smallest absolute Gasteiger partial charge is 0.273 e. The van der Waals surface area contributed by atoms with E-state index in [0.717, 1.165) is 5.56 Å². The van der Waals surface area contributed by atoms with Gasteiger partial charge in [0.05, 0.1) is 0 Å². The lowest BCUT2D eigenvalue weighted by Crippen LogP contribution is -2.22. The monoisotopic (exact) mass is 186 g/mol. The Kier molecular flexibility index (Phi) is 2.07. The average molecular weight is 186 g/mol. The molecule has 1 heterocycles. The maximum absolute atomic E-state index is 11.3. The average Bonchev–Trinajstić information content (AvgIpc) is 2.47. The Hall–Kier alpha value is -2.03. The summed E-state index contributed by atoms with van der Waals surface area (Å²) in [6.45, 7) is 3.61. The van der Waals surface area contributed by atoms with Crippen molar-refractivity contribution >= 4 is 12.7 Å². The van der Waals surface area contributed by atoms with Gasteiger partial charge in [-0.05, 0) is 11.6 Å². The van der Waals surface area contributed by atoms with Gasteiger partial charge in [0.25, 0.3) is 5.56 Å². The van der Waals surface area contributed by atoms with E-state index >= 15 is 0 Å². The topological polar surface area (TPSA) is 48.6 Å². The van der Waals surface area contributed by atoms with Gasteiger partial charge in [0.15, 0.2) is 0 Å². The van der Waals surface area contributed by atoms with E-state index < -0.39 is 0 Å². The third-order valence-electron chi connectivity index (χ3n) is 1.91. The maximum atomic E-state index is 11.3. The van der Waals surface area contributed by atoms with E-state index in [1.54, 1.807) is 6.08 Å². The number of aromatic nitrogens is 2. The summed E-state index contributed by atoms with van der Waals surface area (Å²) in [5.41, 5.74) is 1.37. The summed E-state index contributed by atoms with van der Waals surface area (Å²) in [5.74, 6) is 0. The third-order valence-corrected chi connectivity index (χ3v) is 1.91. The number of H-pyrrole nitrogens is 2. The molecule has 2 N–H and O–H groups in total. The number of nitrogens with one attached hydrogen (secondary N) is 2. The van der Waals surface area contributed by atoms with Crippen LogP contribution in [-0.4, -0.2) is 9.97 Å². The lowest BCUT2D eigenvalue weighted by atomic mass is 10.2. The minimum Gasteiger partial charge on any atom is -0.338 e. The van der Waals surface area contributed by atoms with Crippen molar-refractivity contribution in [3.63, 3.8) is 0 Å². The predicted octanol–water partition coefficient (Wildman–Crippen LogP) is -0.0579. The molecule has 0 radical (unpaired) electrons. The van der Waals surface area contributed by atoms with Gasteiger partial charge in [-0.25, -0.2) is 0 Å². The zero-order valence-corrected chi connectivity index (χ0v) is 7.58. The molecule has 0 fully saturated rings. The van der Waals surface area contributed by atoms with Crippen LogP contribution >= 0.6 is 0 Å². The molecule has 2 aromatic rings. The molecule has 0 spiro atoms. The second-order valence-electron chi connectivity index (χ2n) is 3.03. The van der Waals surface area contributed by atoms with E-state index in [4.69, 9.17) is 0 Å². The van der Waals surface area contributed by atoms with E-state index in [-0.39, 0.29) is 5.56 Å². The molecular weight excluding hydrogens is 176 g/mol. The van der Waals surface area contributed by atoms with Crippen LogP contribution in [-0.2, 0) is 0 Å². The van der Waals surface area contributed by atoms with Gasteiger partial charge in [0.1, 0.15) is 10.8 Å². The normalized spacial score (nSPS) is 11.9. The minimum absolute atomic E-state index is 0.140. The molecule has 3 nitrogen and oxygen atoms in total. The first-order valence-electron chi connectivity index (χ1n) is 4.30. The number of benzene rings is 1. The van der Waals surface area contributed by atoms with Crippen molar-refractivity contribution in [2.75, 3.05) is 0 Å². The molecule has 0 saturated heterocycles. The summed E-state index contributed by atoms with van der Waals surface area (Å²) < 4.78 is 0. The van der Waals surface area contributed by atoms with Gasteiger partial charge in [0.2, 0.25) is 0 Å². The number of imidazole rings is 1. The van der Waals surface area contributed by atoms with E-state index in [1.807, 2.05) is 30.3 Å². The molecular formula is C11H10N2O. The molecule has 0 atom stereocenters. The summed E-state index contributed by atoms with van der Waals surface area (Å²) in [5, 5.41) is 0.529. The lowest BCUT2D eigenvalue weighted by Gasteiger charge is -1.87. The van der Waals surface area contributed by atoms with Crippen LogP contribution in [0.1, 0.15) is 5.56 Å². The van der Waals surface area contributed by atoms with Gasteiger partial charge in [0, 0.05) is 0 Å². The van der Waals surface area contributed by atoms with Crippen LogP contribution in [0.5, 0.6) is 0 Å². The summed E-state index contributed by atoms with van der Waals surface area (Å²) in [6.07, 6.45) is 1.79. The summed E-state index contributed by atoms with van der Waals surface area (Å²) in [7, 11) is 0. The van der Waals surface area contributed by atoms with Crippen molar-refractivity contribution in [3.8, 4) is 0 Å². The Labute approximate surface area is 80.4 Å². The van der Waals surface area contributed by atoms with E-state index in [1.165, 1.54) is 0 Å². The Bertz CT molecular complexity index is 578. The quantitative estimate of drug-likeness (QED) is 0.644. The fraction of sp³-hybridized carbons (Fsp3) is 0. The zero-order valence-electron chi connectivity index (χ0n) is 7.58. The maximum Gasteiger partial charge on any atom is 0.273 e. The Morgan fingerprint density at radius 1 is 1.14 bits per heavy atom. The SMILES string of the molecule is C=c1[nH]c(=O)/c(=C/c2ccccc2)[nH]1. The predicted molar refractivity (Wildman–Crippen MR) is 56.2 cm³/mol. The van der Waals surface area contributed by atoms with Crippen LogP contribution in [0, 0.1) is 0 Å². The van der Waals surface area contributed by atoms with E-state index in [2.05, 4.69) is 16.5 Å². The van der Waals surface area contributed by atoms with Crippen LogP contribution in [0.25, 0.3) is 12.7 Å². The van der Waals surface area contributed by atoms with Crippen molar-refractivity contribution in [2.24, 2.45) is 0 Å². The van der Waals surface area contributed by atoms with Crippen molar-refractivity contribution < 1.29 is 0 Å². The molecule has 1 aromatic carbocycles. The molecule has 70 valence electrons. The second-order valence-corrected chi connectivity index (χ2v) is 3.03. The van der Waals surface area contributed by atoms with Crippen LogP contribution < -0.4 is 16.4 Å². The highest BCUT2D eigenvalue weighted by atomic mass is 16.1. The van der Waals surface area contributed by atoms with Crippen LogP contribution in [0.3, 0.4) is 0 Å². The van der Waals surface area contributed by atoms with Crippen molar-refractivity contribution in [1.82, 2.24) is 9.97 Å². The van der Waals surface area contributed by atoms with Crippen LogP contribution in [0.15, 0.2) is 35.1 Å². The van der Waals surface area contributed by atoms with Crippen molar-refractivity contribution in [1.29, 1.82) is 0 Å². The highest BCUT2D eigenvalue weighted by Crippen LogP contribution is 1.96. The molecule has 0 unspecified atom stereocenters. The van der Waals surface area contributed by atoms with Gasteiger partial charge in [-0.1, -0.05) is 36.9 Å². The first kappa shape index (κ1) is 8.56. The fourth-order valence-electron chi connectivity index (χ4n) is 1.27. The fourth-order valence-corrected chi connectivity index (χ4v) is 1.27. The largest absolute Gasteiger partial charge is 0.338 e. The molecule has 1 aromatic heterocycles. The van der Waals surface area contributed by atoms with E-state index in [9.17, 15) is 4.79 Å². The Balaban J connectivity index is 2.61. The lowest BCUT2D eigenvalue weighted by molar-refractivity contribution is 1.19. The molecule has 0 aliphatic rings. The molecule has 3 heteroatoms. The summed E-state index contributed by atoms with van der Waals surface area (Å²) in [4.78, 5) is 16.7. The van der Waals surface area contributed by atoms with Crippen LogP contribution in [0.2, 0.25) is 0 Å². The second kappa shape index (κ2) is 3.38. The van der Waals surface area contributed by atoms with E-state index in [0.29, 0.717) is 10.8 Å². The number of rotatable bonds is 1. The highest BCUT2D eigenvalue weighted by molar-refractivity contribution is 5.47. The molecule has 0 aliphatic heterocycles. The molecule has 2 rings (SSSR count). The molecule has 0 saturated carbocycles. The van der Waals surface area contributed by atoms with Gasteiger partial charge in [-0.15, -0.1) is 0 Å². The molecule has 0 amide bonds. The van der Waals surface area contributed by atoms with Crippen molar-refractivity contribution in [2.45, 2.75) is 0 Å². The molecule has 14 heavy (non-hydrogen) atoms. The van der Waals surface area contributed by atoms with Gasteiger partial charge in [-0.3, -0.25) is 4.79 Å². The summed E-state index contributed by atoms with van der Waals surface area (Å²) in [6, 6.07) is 9.65. The molecule has 0 aliphatic carbocycles. The van der Waals surface area contributed by atoms with Gasteiger partial charge in [-0.2, -0.15) is 0 Å². The van der Waals surface area contributed by atoms with Gasteiger partial charge >= 0.3 is 0 Å². The first-order valence-corrected chi connectivity index (χ1v) is 4.30. The number of aromatic amines is 2. The standard InChI is InChI=1S/C11H10N2O/c1-8-12-10(11(14)13-8)7-9-5-3-2-4-6-9/h2-7,12H,1H2,(H,13,14)/b10-7-. The van der Waals surface area contributed by atoms with Gasteiger partial charge < -0.3 is 9.97 Å². The minimum atomic E-state index is -0.140. The first-order chi connectivity index (χ1) is 6.75. The number of hydrogen-bond acceptors (Lipinski definition) is 1. The van der Waals surface area contributed by atoms with Crippen LogP contribution in [0.4, 0.5) is 0 Å². The molecule has 0 bridgehead atoms. The number of hydrogen-bond donors (Lipinski definition) is 2. The zero-order chi connectivity index (χ0) is 9.97. The summed E-state index contributed by atoms with van der Waals surface area (Å²) >= 11 is 0. The van der Waals surface area contributed by atoms with Crippen molar-refractivity contribution in [3.05, 3.63) is 57.1 Å². The third kappa shape index (κ3) is 1.66. The Morgan fingerprint density at radius 2 is 1.86 bits per heavy atom.